The Morgan fingerprint density at radius 1 is 1.13 bits per heavy atom. The lowest BCUT2D eigenvalue weighted by Gasteiger charge is -2.31. The van der Waals surface area contributed by atoms with Gasteiger partial charge in [-0.2, -0.15) is 0 Å². The fourth-order valence-corrected chi connectivity index (χ4v) is 3.89. The Bertz CT molecular complexity index is 852. The molecule has 0 atom stereocenters. The number of methoxy groups -OCH3 is 2. The summed E-state index contributed by atoms with van der Waals surface area (Å²) in [6.45, 7) is 3.78. The summed E-state index contributed by atoms with van der Waals surface area (Å²) < 4.78 is 24.5. The number of Topliss-reactive ketones (excluding diaryl/α,β-unsaturated/α-hetero) is 1. The van der Waals surface area contributed by atoms with Gasteiger partial charge in [-0.15, -0.1) is 0 Å². The Hall–Kier alpha value is -2.15. The topological polar surface area (TPSA) is 50.8 Å². The lowest BCUT2D eigenvalue weighted by atomic mass is 9.89. The first kappa shape index (κ1) is 22.5. The molecule has 30 heavy (non-hydrogen) atoms. The lowest BCUT2D eigenvalue weighted by Crippen LogP contribution is -2.39. The van der Waals surface area contributed by atoms with Crippen LogP contribution in [0.3, 0.4) is 0 Å². The maximum atomic E-state index is 14.2. The zero-order chi connectivity index (χ0) is 21.5. The first-order chi connectivity index (χ1) is 14.5. The van der Waals surface area contributed by atoms with E-state index in [0.717, 1.165) is 44.6 Å². The van der Waals surface area contributed by atoms with Crippen molar-refractivity contribution < 1.29 is 18.7 Å². The van der Waals surface area contributed by atoms with Gasteiger partial charge in [0.2, 0.25) is 0 Å². The molecule has 0 bridgehead atoms. The van der Waals surface area contributed by atoms with Crippen LogP contribution in [0.15, 0.2) is 36.4 Å². The Morgan fingerprint density at radius 3 is 2.40 bits per heavy atom. The highest BCUT2D eigenvalue weighted by atomic mass is 35.5. The second-order valence-electron chi connectivity index (χ2n) is 7.46. The van der Waals surface area contributed by atoms with Gasteiger partial charge in [-0.25, -0.2) is 4.39 Å². The summed E-state index contributed by atoms with van der Waals surface area (Å²) in [6.07, 6.45) is 1.71. The number of likely N-dealkylation sites (tertiary alicyclic amines) is 1. The highest BCUT2D eigenvalue weighted by Gasteiger charge is 2.25. The van der Waals surface area contributed by atoms with Crippen molar-refractivity contribution in [3.05, 3.63) is 58.4 Å². The number of rotatable bonds is 9. The quantitative estimate of drug-likeness (QED) is 0.474. The van der Waals surface area contributed by atoms with Gasteiger partial charge in [0.05, 0.1) is 14.2 Å². The van der Waals surface area contributed by atoms with Crippen LogP contribution in [0.25, 0.3) is 0 Å². The minimum atomic E-state index is -0.318. The summed E-state index contributed by atoms with van der Waals surface area (Å²) in [6, 6.07) is 10.1. The van der Waals surface area contributed by atoms with E-state index in [9.17, 15) is 9.18 Å². The molecule has 3 rings (SSSR count). The van der Waals surface area contributed by atoms with Gasteiger partial charge < -0.3 is 19.7 Å². The van der Waals surface area contributed by atoms with E-state index in [0.29, 0.717) is 28.6 Å². The molecule has 0 spiro atoms. The highest BCUT2D eigenvalue weighted by molar-refractivity contribution is 6.30. The van der Waals surface area contributed by atoms with Gasteiger partial charge in [0.1, 0.15) is 5.82 Å². The van der Waals surface area contributed by atoms with Crippen LogP contribution in [0.1, 0.15) is 28.8 Å². The van der Waals surface area contributed by atoms with E-state index in [-0.39, 0.29) is 17.5 Å². The minimum absolute atomic E-state index is 0.0660. The van der Waals surface area contributed by atoms with Crippen LogP contribution in [0.4, 0.5) is 4.39 Å². The fourth-order valence-electron chi connectivity index (χ4n) is 3.76. The molecule has 162 valence electrons. The molecule has 0 unspecified atom stereocenters. The first-order valence-corrected chi connectivity index (χ1v) is 10.5. The van der Waals surface area contributed by atoms with Crippen molar-refractivity contribution in [1.29, 1.82) is 0 Å². The minimum Gasteiger partial charge on any atom is -0.493 e. The molecule has 0 radical (unpaired) electrons. The van der Waals surface area contributed by atoms with Crippen LogP contribution >= 0.6 is 11.6 Å². The number of nitrogens with one attached hydrogen (secondary N) is 1. The molecule has 1 N–H and O–H groups in total. The standard InChI is InChI=1S/C23H28ClFN2O3/c1-29-21-13-18(20(25)14-22(21)30-2)15-26-9-12-27-10-7-17(8-11-27)23(28)16-3-5-19(24)6-4-16/h3-6,13-14,17,26H,7-12,15H2,1-2H3. The molecule has 0 aromatic heterocycles. The van der Waals surface area contributed by atoms with E-state index in [4.69, 9.17) is 21.1 Å². The Labute approximate surface area is 182 Å². The third-order valence-corrected chi connectivity index (χ3v) is 5.81. The number of piperidine rings is 1. The van der Waals surface area contributed by atoms with Crippen molar-refractivity contribution in [2.24, 2.45) is 5.92 Å². The Kier molecular flexibility index (Phi) is 8.08. The van der Waals surface area contributed by atoms with Crippen molar-refractivity contribution >= 4 is 17.4 Å². The average Bonchev–Trinajstić information content (AvgIpc) is 2.77. The molecule has 0 amide bonds. The van der Waals surface area contributed by atoms with E-state index < -0.39 is 0 Å². The molecular weight excluding hydrogens is 407 g/mol. The predicted molar refractivity (Wildman–Crippen MR) is 116 cm³/mol. The van der Waals surface area contributed by atoms with Crippen LogP contribution in [0.5, 0.6) is 11.5 Å². The molecule has 0 saturated carbocycles. The van der Waals surface area contributed by atoms with Gasteiger partial charge in [-0.3, -0.25) is 4.79 Å². The molecule has 1 saturated heterocycles. The van der Waals surface area contributed by atoms with Gasteiger partial charge in [0.25, 0.3) is 0 Å². The maximum Gasteiger partial charge on any atom is 0.166 e. The fraction of sp³-hybridized carbons (Fsp3) is 0.435. The molecule has 1 aliphatic rings. The summed E-state index contributed by atoms with van der Waals surface area (Å²) in [5.41, 5.74) is 1.27. The van der Waals surface area contributed by atoms with Crippen molar-refractivity contribution in [3.63, 3.8) is 0 Å². The van der Waals surface area contributed by atoms with Gasteiger partial charge in [0, 0.05) is 47.8 Å². The molecule has 5 nitrogen and oxygen atoms in total. The molecule has 2 aromatic carbocycles. The number of benzene rings is 2. The normalized spacial score (nSPS) is 15.2. The van der Waals surface area contributed by atoms with Gasteiger partial charge in [-0.1, -0.05) is 11.6 Å². The third-order valence-electron chi connectivity index (χ3n) is 5.56. The first-order valence-electron chi connectivity index (χ1n) is 10.1. The molecule has 0 aliphatic carbocycles. The van der Waals surface area contributed by atoms with Crippen molar-refractivity contribution in [1.82, 2.24) is 10.2 Å². The van der Waals surface area contributed by atoms with E-state index in [1.807, 2.05) is 0 Å². The second-order valence-corrected chi connectivity index (χ2v) is 7.90. The average molecular weight is 435 g/mol. The number of ether oxygens (including phenoxy) is 2. The Morgan fingerprint density at radius 2 is 1.77 bits per heavy atom. The molecule has 1 aliphatic heterocycles. The third kappa shape index (κ3) is 5.72. The van der Waals surface area contributed by atoms with Crippen LogP contribution in [0.2, 0.25) is 5.02 Å². The van der Waals surface area contributed by atoms with E-state index in [1.54, 1.807) is 30.3 Å². The molecular formula is C23H28ClFN2O3. The number of ketones is 1. The monoisotopic (exact) mass is 434 g/mol. The van der Waals surface area contributed by atoms with E-state index >= 15 is 0 Å². The van der Waals surface area contributed by atoms with E-state index in [2.05, 4.69) is 10.2 Å². The summed E-state index contributed by atoms with van der Waals surface area (Å²) in [7, 11) is 3.02. The van der Waals surface area contributed by atoms with E-state index in [1.165, 1.54) is 20.3 Å². The predicted octanol–water partition coefficient (Wildman–Crippen LogP) is 4.18. The number of carbonyl (C=O) groups is 1. The number of carbonyl (C=O) groups excluding carboxylic acids is 1. The van der Waals surface area contributed by atoms with Crippen LogP contribution in [-0.4, -0.2) is 51.1 Å². The zero-order valence-corrected chi connectivity index (χ0v) is 18.2. The highest BCUT2D eigenvalue weighted by Crippen LogP contribution is 2.29. The number of hydrogen-bond donors (Lipinski definition) is 1. The molecule has 2 aromatic rings. The number of halogens is 2. The Balaban J connectivity index is 1.41. The molecule has 7 heteroatoms. The van der Waals surface area contributed by atoms with Crippen molar-refractivity contribution in [3.8, 4) is 11.5 Å². The lowest BCUT2D eigenvalue weighted by molar-refractivity contribution is 0.0841. The molecule has 1 fully saturated rings. The summed E-state index contributed by atoms with van der Waals surface area (Å²) in [4.78, 5) is 15.0. The zero-order valence-electron chi connectivity index (χ0n) is 17.4. The number of hydrogen-bond acceptors (Lipinski definition) is 5. The van der Waals surface area contributed by atoms with Crippen molar-refractivity contribution in [2.75, 3.05) is 40.4 Å². The van der Waals surface area contributed by atoms with Crippen LogP contribution in [0, 0.1) is 11.7 Å². The molecule has 1 heterocycles. The van der Waals surface area contributed by atoms with Crippen LogP contribution < -0.4 is 14.8 Å². The summed E-state index contributed by atoms with van der Waals surface area (Å²) in [5.74, 6) is 0.851. The SMILES string of the molecule is COc1cc(F)c(CNCCN2CCC(C(=O)c3ccc(Cl)cc3)CC2)cc1OC. The van der Waals surface area contributed by atoms with Crippen LogP contribution in [-0.2, 0) is 6.54 Å². The van der Waals surface area contributed by atoms with Gasteiger partial charge in [0.15, 0.2) is 17.3 Å². The number of nitrogens with zero attached hydrogens (tertiary/aromatic N) is 1. The smallest absolute Gasteiger partial charge is 0.166 e. The largest absolute Gasteiger partial charge is 0.493 e. The summed E-state index contributed by atoms with van der Waals surface area (Å²) in [5, 5.41) is 3.93. The summed E-state index contributed by atoms with van der Waals surface area (Å²) >= 11 is 5.90. The van der Waals surface area contributed by atoms with Gasteiger partial charge in [-0.05, 0) is 56.3 Å². The maximum absolute atomic E-state index is 14.2. The second kappa shape index (κ2) is 10.8. The van der Waals surface area contributed by atoms with Crippen molar-refractivity contribution in [2.45, 2.75) is 19.4 Å². The van der Waals surface area contributed by atoms with Gasteiger partial charge >= 0.3 is 0 Å².